The standard InChI is InChI=1S/C31H26N8/c1-3-28-34-29-19(2)16-22(30-32-25-10-6-7-11-26(25)33-30)17-27(29)39(28)18-20-12-14-21(15-13-20)23-8-4-5-9-24(23)31-35-37-38-36-31/h4-17H,3,18H2,1-2H3,(H,32,33)(H,35,36,37,38). The van der Waals surface area contributed by atoms with Gasteiger partial charge in [0.1, 0.15) is 11.6 Å². The van der Waals surface area contributed by atoms with Crippen LogP contribution in [0.3, 0.4) is 0 Å². The van der Waals surface area contributed by atoms with Crippen LogP contribution >= 0.6 is 0 Å². The topological polar surface area (TPSA) is 101 Å². The summed E-state index contributed by atoms with van der Waals surface area (Å²) in [4.78, 5) is 13.3. The summed E-state index contributed by atoms with van der Waals surface area (Å²) in [5.41, 5.74) is 10.7. The lowest BCUT2D eigenvalue weighted by Gasteiger charge is -2.11. The first-order chi connectivity index (χ1) is 19.2. The van der Waals surface area contributed by atoms with Crippen molar-refractivity contribution in [1.82, 2.24) is 40.1 Å². The number of hydrogen-bond acceptors (Lipinski definition) is 5. The van der Waals surface area contributed by atoms with Crippen LogP contribution in [-0.2, 0) is 13.0 Å². The second kappa shape index (κ2) is 9.33. The first-order valence-electron chi connectivity index (χ1n) is 13.1. The summed E-state index contributed by atoms with van der Waals surface area (Å²) in [5.74, 6) is 2.60. The number of benzene rings is 4. The van der Waals surface area contributed by atoms with Crippen LogP contribution in [0.2, 0.25) is 0 Å². The number of aromatic nitrogens is 8. The smallest absolute Gasteiger partial charge is 0.180 e. The van der Waals surface area contributed by atoms with Crippen molar-refractivity contribution in [2.24, 2.45) is 0 Å². The number of hydrogen-bond donors (Lipinski definition) is 2. The molecule has 2 N–H and O–H groups in total. The van der Waals surface area contributed by atoms with E-state index in [1.165, 1.54) is 5.56 Å². The second-order valence-corrected chi connectivity index (χ2v) is 9.72. The number of tetrazole rings is 1. The van der Waals surface area contributed by atoms with Crippen LogP contribution in [-0.4, -0.2) is 40.1 Å². The van der Waals surface area contributed by atoms with E-state index in [0.717, 1.165) is 74.5 Å². The first-order valence-corrected chi connectivity index (χ1v) is 13.1. The SMILES string of the molecule is CCc1nc2c(C)cc(-c3nc4ccccc4[nH]3)cc2n1Cc1ccc(-c2ccccc2-c2nnn[nH]2)cc1. The van der Waals surface area contributed by atoms with E-state index in [1.54, 1.807) is 0 Å². The number of nitrogens with zero attached hydrogens (tertiary/aromatic N) is 6. The molecular weight excluding hydrogens is 484 g/mol. The average molecular weight is 511 g/mol. The van der Waals surface area contributed by atoms with E-state index in [4.69, 9.17) is 9.97 Å². The highest BCUT2D eigenvalue weighted by atomic mass is 15.5. The number of H-pyrrole nitrogens is 2. The predicted octanol–water partition coefficient (Wildman–Crippen LogP) is 6.35. The minimum Gasteiger partial charge on any atom is -0.338 e. The number of para-hydroxylation sites is 2. The highest BCUT2D eigenvalue weighted by Crippen LogP contribution is 2.31. The Bertz CT molecular complexity index is 1890. The number of fused-ring (bicyclic) bond motifs is 2. The maximum Gasteiger partial charge on any atom is 0.180 e. The zero-order valence-corrected chi connectivity index (χ0v) is 21.7. The second-order valence-electron chi connectivity index (χ2n) is 9.72. The van der Waals surface area contributed by atoms with Gasteiger partial charge in [0.25, 0.3) is 0 Å². The largest absolute Gasteiger partial charge is 0.338 e. The van der Waals surface area contributed by atoms with Gasteiger partial charge in [-0.25, -0.2) is 15.1 Å². The zero-order valence-electron chi connectivity index (χ0n) is 21.7. The predicted molar refractivity (Wildman–Crippen MR) is 153 cm³/mol. The van der Waals surface area contributed by atoms with Crippen molar-refractivity contribution < 1.29 is 0 Å². The molecule has 0 radical (unpaired) electrons. The number of aryl methyl sites for hydroxylation is 2. The van der Waals surface area contributed by atoms with Gasteiger partial charge in [-0.1, -0.05) is 67.6 Å². The third-order valence-corrected chi connectivity index (χ3v) is 7.24. The highest BCUT2D eigenvalue weighted by Gasteiger charge is 2.16. The Morgan fingerprint density at radius 2 is 1.59 bits per heavy atom. The summed E-state index contributed by atoms with van der Waals surface area (Å²) in [7, 11) is 0. The third kappa shape index (κ3) is 4.06. The molecule has 190 valence electrons. The van der Waals surface area contributed by atoms with Crippen molar-refractivity contribution in [3.8, 4) is 33.9 Å². The van der Waals surface area contributed by atoms with Gasteiger partial charge in [0, 0.05) is 24.1 Å². The summed E-state index contributed by atoms with van der Waals surface area (Å²) >= 11 is 0. The van der Waals surface area contributed by atoms with Crippen LogP contribution < -0.4 is 0 Å². The van der Waals surface area contributed by atoms with Gasteiger partial charge in [-0.15, -0.1) is 5.10 Å². The van der Waals surface area contributed by atoms with E-state index >= 15 is 0 Å². The van der Waals surface area contributed by atoms with Crippen LogP contribution in [0.15, 0.2) is 84.9 Å². The summed E-state index contributed by atoms with van der Waals surface area (Å²) < 4.78 is 2.33. The third-order valence-electron chi connectivity index (χ3n) is 7.24. The van der Waals surface area contributed by atoms with Crippen molar-refractivity contribution in [3.05, 3.63) is 102 Å². The Morgan fingerprint density at radius 3 is 2.36 bits per heavy atom. The molecule has 0 saturated heterocycles. The summed E-state index contributed by atoms with van der Waals surface area (Å²) in [6.45, 7) is 5.02. The molecule has 0 bridgehead atoms. The van der Waals surface area contributed by atoms with E-state index in [0.29, 0.717) is 5.82 Å². The van der Waals surface area contributed by atoms with Crippen molar-refractivity contribution in [1.29, 1.82) is 0 Å². The molecule has 8 heteroatoms. The van der Waals surface area contributed by atoms with E-state index in [-0.39, 0.29) is 0 Å². The Labute approximate surface area is 224 Å². The fraction of sp³-hybridized carbons (Fsp3) is 0.129. The van der Waals surface area contributed by atoms with Crippen LogP contribution in [0.4, 0.5) is 0 Å². The first kappa shape index (κ1) is 23.0. The van der Waals surface area contributed by atoms with Crippen molar-refractivity contribution in [2.75, 3.05) is 0 Å². The molecule has 0 fully saturated rings. The lowest BCUT2D eigenvalue weighted by molar-refractivity contribution is 0.753. The molecule has 3 aromatic heterocycles. The molecular formula is C31H26N8. The van der Waals surface area contributed by atoms with Crippen LogP contribution in [0.5, 0.6) is 0 Å². The minimum atomic E-state index is 0.655. The molecule has 7 aromatic rings. The number of aromatic amines is 2. The van der Waals surface area contributed by atoms with Crippen molar-refractivity contribution in [2.45, 2.75) is 26.8 Å². The quantitative estimate of drug-likeness (QED) is 0.272. The number of rotatable bonds is 6. The fourth-order valence-corrected chi connectivity index (χ4v) is 5.30. The zero-order chi connectivity index (χ0) is 26.3. The van der Waals surface area contributed by atoms with Crippen molar-refractivity contribution in [3.63, 3.8) is 0 Å². The van der Waals surface area contributed by atoms with E-state index in [2.05, 4.69) is 92.6 Å². The van der Waals surface area contributed by atoms with Crippen LogP contribution in [0.25, 0.3) is 56.0 Å². The lowest BCUT2D eigenvalue weighted by atomic mass is 9.98. The maximum atomic E-state index is 5.02. The molecule has 0 atom stereocenters. The molecule has 0 spiro atoms. The molecule has 39 heavy (non-hydrogen) atoms. The Balaban J connectivity index is 1.26. The molecule has 8 nitrogen and oxygen atoms in total. The normalized spacial score (nSPS) is 11.5. The van der Waals surface area contributed by atoms with E-state index < -0.39 is 0 Å². The molecule has 3 heterocycles. The summed E-state index contributed by atoms with van der Waals surface area (Å²) in [6.07, 6.45) is 0.852. The number of imidazole rings is 2. The van der Waals surface area contributed by atoms with Gasteiger partial charge in [0.2, 0.25) is 0 Å². The van der Waals surface area contributed by atoms with Gasteiger partial charge in [-0.2, -0.15) is 0 Å². The van der Waals surface area contributed by atoms with E-state index in [9.17, 15) is 0 Å². The monoisotopic (exact) mass is 510 g/mol. The average Bonchev–Trinajstić information content (AvgIpc) is 3.73. The fourth-order valence-electron chi connectivity index (χ4n) is 5.30. The van der Waals surface area contributed by atoms with Gasteiger partial charge in [-0.3, -0.25) is 0 Å². The molecule has 0 aliphatic carbocycles. The van der Waals surface area contributed by atoms with Gasteiger partial charge in [-0.05, 0) is 63.9 Å². The van der Waals surface area contributed by atoms with Gasteiger partial charge < -0.3 is 9.55 Å². The molecule has 7 rings (SSSR count). The Morgan fingerprint density at radius 1 is 0.795 bits per heavy atom. The maximum absolute atomic E-state index is 5.02. The highest BCUT2D eigenvalue weighted by molar-refractivity contribution is 5.87. The molecule has 0 saturated carbocycles. The van der Waals surface area contributed by atoms with Crippen LogP contribution in [0.1, 0.15) is 23.9 Å². The molecule has 0 unspecified atom stereocenters. The summed E-state index contributed by atoms with van der Waals surface area (Å²) in [6, 6.07) is 29.3. The number of nitrogens with one attached hydrogen (secondary N) is 2. The van der Waals surface area contributed by atoms with Gasteiger partial charge in [0.15, 0.2) is 5.82 Å². The van der Waals surface area contributed by atoms with Crippen molar-refractivity contribution >= 4 is 22.1 Å². The Hall–Kier alpha value is -5.11. The molecule has 0 aliphatic heterocycles. The summed E-state index contributed by atoms with van der Waals surface area (Å²) in [5, 5.41) is 14.5. The molecule has 0 aliphatic rings. The van der Waals surface area contributed by atoms with Gasteiger partial charge >= 0.3 is 0 Å². The minimum absolute atomic E-state index is 0.655. The Kier molecular flexibility index (Phi) is 5.51. The van der Waals surface area contributed by atoms with E-state index in [1.807, 2.05) is 36.4 Å². The van der Waals surface area contributed by atoms with Crippen LogP contribution in [0, 0.1) is 6.92 Å². The van der Waals surface area contributed by atoms with Gasteiger partial charge in [0.05, 0.1) is 22.1 Å². The molecule has 4 aromatic carbocycles. The lowest BCUT2D eigenvalue weighted by Crippen LogP contribution is -2.04. The molecule has 0 amide bonds.